The number of nitrogens with one attached hydrogen (secondary N) is 4. The summed E-state index contributed by atoms with van der Waals surface area (Å²) < 4.78 is 0. The summed E-state index contributed by atoms with van der Waals surface area (Å²) in [6, 6.07) is 3.02. The van der Waals surface area contributed by atoms with E-state index in [0.29, 0.717) is 18.4 Å². The Labute approximate surface area is 170 Å². The number of amides is 2. The first-order valence-corrected chi connectivity index (χ1v) is 10.2. The lowest BCUT2D eigenvalue weighted by molar-refractivity contribution is -0.129. The molecule has 3 heterocycles. The van der Waals surface area contributed by atoms with Gasteiger partial charge in [-0.25, -0.2) is 0 Å². The van der Waals surface area contributed by atoms with Gasteiger partial charge in [-0.3, -0.25) is 14.6 Å². The van der Waals surface area contributed by atoms with Gasteiger partial charge in [0.1, 0.15) is 6.04 Å². The summed E-state index contributed by atoms with van der Waals surface area (Å²) in [4.78, 5) is 32.3. The lowest BCUT2D eigenvalue weighted by Crippen LogP contribution is -2.49. The minimum absolute atomic E-state index is 0.109. The van der Waals surface area contributed by atoms with Crippen LogP contribution in [0.2, 0.25) is 0 Å². The average molecular weight is 393 g/mol. The molecule has 2 amide bonds. The maximum Gasteiger partial charge on any atom is 0.242 e. The number of nitrogens with zero attached hydrogens (tertiary/aromatic N) is 1. The maximum atomic E-state index is 12.6. The van der Waals surface area contributed by atoms with E-state index in [1.54, 1.807) is 19.3 Å². The van der Waals surface area contributed by atoms with Gasteiger partial charge in [0.2, 0.25) is 11.8 Å². The molecular formula is C22H27N5O2. The van der Waals surface area contributed by atoms with Gasteiger partial charge in [-0.05, 0) is 50.3 Å². The molecule has 0 aromatic carbocycles. The van der Waals surface area contributed by atoms with Gasteiger partial charge in [0.25, 0.3) is 0 Å². The number of pyridine rings is 1. The van der Waals surface area contributed by atoms with Crippen LogP contribution < -0.4 is 16.0 Å². The van der Waals surface area contributed by atoms with Crippen LogP contribution in [0.4, 0.5) is 0 Å². The van der Waals surface area contributed by atoms with E-state index in [4.69, 9.17) is 0 Å². The van der Waals surface area contributed by atoms with E-state index in [9.17, 15) is 9.59 Å². The minimum Gasteiger partial charge on any atom is -0.357 e. The van der Waals surface area contributed by atoms with E-state index in [1.165, 1.54) is 0 Å². The lowest BCUT2D eigenvalue weighted by atomic mass is 9.85. The van der Waals surface area contributed by atoms with Crippen molar-refractivity contribution in [1.29, 1.82) is 0 Å². The Kier molecular flexibility index (Phi) is 5.76. The first-order chi connectivity index (χ1) is 14.1. The van der Waals surface area contributed by atoms with E-state index in [0.717, 1.165) is 36.0 Å². The Balaban J connectivity index is 1.24. The van der Waals surface area contributed by atoms with Gasteiger partial charge in [-0.2, -0.15) is 0 Å². The fraction of sp³-hybridized carbons (Fsp3) is 0.409. The molecule has 4 N–H and O–H groups in total. The summed E-state index contributed by atoms with van der Waals surface area (Å²) in [5.74, 6) is 0.623. The van der Waals surface area contributed by atoms with Gasteiger partial charge in [-0.1, -0.05) is 24.3 Å². The molecule has 0 saturated carbocycles. The number of hydrogen-bond acceptors (Lipinski definition) is 4. The van der Waals surface area contributed by atoms with Gasteiger partial charge in [-0.15, -0.1) is 0 Å². The minimum atomic E-state index is -0.591. The van der Waals surface area contributed by atoms with Crippen molar-refractivity contribution in [3.05, 3.63) is 54.5 Å². The zero-order valence-electron chi connectivity index (χ0n) is 16.5. The highest BCUT2D eigenvalue weighted by Crippen LogP contribution is 2.28. The van der Waals surface area contributed by atoms with Crippen LogP contribution in [0, 0.1) is 11.8 Å². The largest absolute Gasteiger partial charge is 0.357 e. The molecule has 0 bridgehead atoms. The van der Waals surface area contributed by atoms with Crippen molar-refractivity contribution in [3.8, 4) is 0 Å². The number of allylic oxidation sites excluding steroid dienone is 4. The first-order valence-electron chi connectivity index (χ1n) is 10.2. The number of carbonyl (C=O) groups excluding carboxylic acids is 2. The summed E-state index contributed by atoms with van der Waals surface area (Å²) >= 11 is 0. The van der Waals surface area contributed by atoms with E-state index in [2.05, 4.69) is 50.2 Å². The van der Waals surface area contributed by atoms with E-state index in [1.807, 2.05) is 12.1 Å². The molecule has 7 heteroatoms. The van der Waals surface area contributed by atoms with Crippen molar-refractivity contribution >= 4 is 22.7 Å². The maximum absolute atomic E-state index is 12.6. The molecule has 0 spiro atoms. The third-order valence-electron chi connectivity index (χ3n) is 5.78. The van der Waals surface area contributed by atoms with Gasteiger partial charge >= 0.3 is 0 Å². The smallest absolute Gasteiger partial charge is 0.242 e. The number of hydrogen-bond donors (Lipinski definition) is 4. The van der Waals surface area contributed by atoms with Crippen LogP contribution >= 0.6 is 0 Å². The molecule has 4 atom stereocenters. The summed E-state index contributed by atoms with van der Waals surface area (Å²) in [6.07, 6.45) is 13.9. The molecule has 1 saturated heterocycles. The molecular weight excluding hydrogens is 366 g/mol. The standard InChI is InChI=1S/C22H27N5O2/c1-14(21(28)25-13-18-9-17-11-23-8-7-19(17)27-18)26-22(29)20-10-16(12-24-20)15-5-3-2-4-6-15/h2-5,7-9,11,14-16,20,24,27H,6,10,12-13H2,1H3,(H,25,28)(H,26,29)/t14-,15?,16-,20+/m0/s1. The highest BCUT2D eigenvalue weighted by molar-refractivity contribution is 5.89. The van der Waals surface area contributed by atoms with Crippen molar-refractivity contribution in [1.82, 2.24) is 25.9 Å². The third-order valence-corrected chi connectivity index (χ3v) is 5.78. The van der Waals surface area contributed by atoms with Crippen LogP contribution in [-0.2, 0) is 16.1 Å². The SMILES string of the molecule is C[C@H](NC(=O)[C@H]1C[C@H](C2C=CC=CC2)CN1)C(=O)NCc1cc2cnccc2[nH]1. The van der Waals surface area contributed by atoms with Crippen molar-refractivity contribution in [2.75, 3.05) is 6.54 Å². The molecule has 1 fully saturated rings. The van der Waals surface area contributed by atoms with Crippen molar-refractivity contribution in [2.24, 2.45) is 11.8 Å². The molecule has 2 aliphatic rings. The van der Waals surface area contributed by atoms with Gasteiger partial charge in [0.15, 0.2) is 0 Å². The Morgan fingerprint density at radius 3 is 3.03 bits per heavy atom. The van der Waals surface area contributed by atoms with Crippen LogP contribution in [0.5, 0.6) is 0 Å². The van der Waals surface area contributed by atoms with Crippen LogP contribution in [0.15, 0.2) is 48.8 Å². The van der Waals surface area contributed by atoms with Crippen LogP contribution in [-0.4, -0.2) is 40.4 Å². The predicted molar refractivity (Wildman–Crippen MR) is 112 cm³/mol. The summed E-state index contributed by atoms with van der Waals surface area (Å²) in [7, 11) is 0. The molecule has 2 aromatic heterocycles. The molecule has 0 radical (unpaired) electrons. The van der Waals surface area contributed by atoms with Crippen molar-refractivity contribution in [3.63, 3.8) is 0 Å². The van der Waals surface area contributed by atoms with Gasteiger partial charge in [0, 0.05) is 29.0 Å². The number of carbonyl (C=O) groups is 2. The van der Waals surface area contributed by atoms with Crippen molar-refractivity contribution in [2.45, 2.75) is 38.4 Å². The molecule has 7 nitrogen and oxygen atoms in total. The van der Waals surface area contributed by atoms with Crippen LogP contribution in [0.25, 0.3) is 10.9 Å². The summed E-state index contributed by atoms with van der Waals surface area (Å²) in [5, 5.41) is 10.0. The number of rotatable bonds is 6. The van der Waals surface area contributed by atoms with Crippen molar-refractivity contribution < 1.29 is 9.59 Å². The molecule has 1 aliphatic carbocycles. The molecule has 152 valence electrons. The zero-order valence-corrected chi connectivity index (χ0v) is 16.5. The fourth-order valence-electron chi connectivity index (χ4n) is 4.08. The third kappa shape index (κ3) is 4.56. The van der Waals surface area contributed by atoms with Crippen LogP contribution in [0.3, 0.4) is 0 Å². The lowest BCUT2D eigenvalue weighted by Gasteiger charge is -2.20. The fourth-order valence-corrected chi connectivity index (χ4v) is 4.08. The monoisotopic (exact) mass is 393 g/mol. The number of aromatic nitrogens is 2. The molecule has 4 rings (SSSR count). The average Bonchev–Trinajstić information content (AvgIpc) is 3.39. The van der Waals surface area contributed by atoms with E-state index in [-0.39, 0.29) is 17.9 Å². The molecule has 1 unspecified atom stereocenters. The van der Waals surface area contributed by atoms with Gasteiger partial charge in [0.05, 0.1) is 12.6 Å². The number of H-pyrrole nitrogens is 1. The Morgan fingerprint density at radius 2 is 2.24 bits per heavy atom. The highest BCUT2D eigenvalue weighted by atomic mass is 16.2. The second kappa shape index (κ2) is 8.61. The summed E-state index contributed by atoms with van der Waals surface area (Å²) in [6.45, 7) is 2.92. The Hall–Kier alpha value is -2.93. The molecule has 1 aliphatic heterocycles. The van der Waals surface area contributed by atoms with Gasteiger partial charge < -0.3 is 20.9 Å². The zero-order chi connectivity index (χ0) is 20.2. The first kappa shape index (κ1) is 19.4. The second-order valence-corrected chi connectivity index (χ2v) is 7.87. The Morgan fingerprint density at radius 1 is 1.34 bits per heavy atom. The second-order valence-electron chi connectivity index (χ2n) is 7.87. The summed E-state index contributed by atoms with van der Waals surface area (Å²) in [5.41, 5.74) is 1.88. The normalized spacial score (nSPS) is 24.5. The quantitative estimate of drug-likeness (QED) is 0.601. The highest BCUT2D eigenvalue weighted by Gasteiger charge is 2.33. The predicted octanol–water partition coefficient (Wildman–Crippen LogP) is 1.79. The number of fused-ring (bicyclic) bond motifs is 1. The van der Waals surface area contributed by atoms with E-state index < -0.39 is 6.04 Å². The molecule has 29 heavy (non-hydrogen) atoms. The topological polar surface area (TPSA) is 98.9 Å². The number of aromatic amines is 1. The molecule has 2 aromatic rings. The Bertz CT molecular complexity index is 915. The van der Waals surface area contributed by atoms with Crippen LogP contribution in [0.1, 0.15) is 25.5 Å². The van der Waals surface area contributed by atoms with E-state index >= 15 is 0 Å².